The molecule has 1 aromatic carbocycles. The van der Waals surface area contributed by atoms with Crippen LogP contribution in [0, 0.1) is 5.92 Å². The van der Waals surface area contributed by atoms with E-state index in [1.807, 2.05) is 0 Å². The highest BCUT2D eigenvalue weighted by molar-refractivity contribution is 5.26. The molecule has 1 N–H and O–H groups in total. The Morgan fingerprint density at radius 3 is 2.68 bits per heavy atom. The van der Waals surface area contributed by atoms with Gasteiger partial charge in [-0.2, -0.15) is 0 Å². The number of rotatable bonds is 9. The van der Waals surface area contributed by atoms with Crippen LogP contribution in [0.5, 0.6) is 0 Å². The monoisotopic (exact) mass is 263 g/mol. The minimum atomic E-state index is 0.409. The van der Waals surface area contributed by atoms with Gasteiger partial charge in [0, 0.05) is 19.8 Å². The molecule has 1 unspecified atom stereocenters. The van der Waals surface area contributed by atoms with E-state index >= 15 is 0 Å². The van der Waals surface area contributed by atoms with Crippen molar-refractivity contribution in [2.75, 3.05) is 20.3 Å². The van der Waals surface area contributed by atoms with Gasteiger partial charge in [-0.05, 0) is 42.9 Å². The van der Waals surface area contributed by atoms with Crippen LogP contribution < -0.4 is 5.32 Å². The van der Waals surface area contributed by atoms with Crippen molar-refractivity contribution in [3.8, 4) is 0 Å². The smallest absolute Gasteiger partial charge is 0.0480 e. The summed E-state index contributed by atoms with van der Waals surface area (Å²) in [5, 5.41) is 3.62. The number of methoxy groups -OCH3 is 1. The minimum absolute atomic E-state index is 0.409. The van der Waals surface area contributed by atoms with Crippen LogP contribution in [0.3, 0.4) is 0 Å². The SMILES string of the molecule is CCCNC(CCOC)c1cccc(CC(C)C)c1. The fourth-order valence-electron chi connectivity index (χ4n) is 2.35. The van der Waals surface area contributed by atoms with E-state index in [4.69, 9.17) is 4.74 Å². The average molecular weight is 263 g/mol. The highest BCUT2D eigenvalue weighted by Gasteiger charge is 2.11. The summed E-state index contributed by atoms with van der Waals surface area (Å²) < 4.78 is 5.23. The van der Waals surface area contributed by atoms with Crippen molar-refractivity contribution in [3.05, 3.63) is 35.4 Å². The molecule has 0 aliphatic heterocycles. The second kappa shape index (κ2) is 9.11. The van der Waals surface area contributed by atoms with Gasteiger partial charge in [0.15, 0.2) is 0 Å². The first-order valence-corrected chi connectivity index (χ1v) is 7.48. The summed E-state index contributed by atoms with van der Waals surface area (Å²) in [4.78, 5) is 0. The van der Waals surface area contributed by atoms with Crippen LogP contribution in [0.2, 0.25) is 0 Å². The zero-order valence-corrected chi connectivity index (χ0v) is 12.9. The molecule has 1 aromatic rings. The molecule has 2 nitrogen and oxygen atoms in total. The lowest BCUT2D eigenvalue weighted by atomic mass is 9.97. The topological polar surface area (TPSA) is 21.3 Å². The zero-order chi connectivity index (χ0) is 14.1. The Morgan fingerprint density at radius 2 is 2.05 bits per heavy atom. The molecule has 0 amide bonds. The van der Waals surface area contributed by atoms with Crippen molar-refractivity contribution < 1.29 is 4.74 Å². The molecule has 0 aliphatic rings. The molecular formula is C17H29NO. The Kier molecular flexibility index (Phi) is 7.76. The van der Waals surface area contributed by atoms with E-state index < -0.39 is 0 Å². The highest BCUT2D eigenvalue weighted by Crippen LogP contribution is 2.20. The minimum Gasteiger partial charge on any atom is -0.385 e. The quantitative estimate of drug-likeness (QED) is 0.728. The second-order valence-electron chi connectivity index (χ2n) is 5.63. The third-order valence-electron chi connectivity index (χ3n) is 3.25. The van der Waals surface area contributed by atoms with E-state index in [-0.39, 0.29) is 0 Å². The van der Waals surface area contributed by atoms with Gasteiger partial charge in [-0.3, -0.25) is 0 Å². The van der Waals surface area contributed by atoms with Crippen molar-refractivity contribution in [2.24, 2.45) is 5.92 Å². The van der Waals surface area contributed by atoms with Gasteiger partial charge in [0.1, 0.15) is 0 Å². The summed E-state index contributed by atoms with van der Waals surface area (Å²) >= 11 is 0. The van der Waals surface area contributed by atoms with E-state index in [1.165, 1.54) is 11.1 Å². The molecule has 1 rings (SSSR count). The van der Waals surface area contributed by atoms with Crippen molar-refractivity contribution >= 4 is 0 Å². The number of nitrogens with one attached hydrogen (secondary N) is 1. The maximum absolute atomic E-state index is 5.23. The Bertz CT molecular complexity index is 341. The number of hydrogen-bond donors (Lipinski definition) is 1. The van der Waals surface area contributed by atoms with Gasteiger partial charge >= 0.3 is 0 Å². The molecule has 0 aliphatic carbocycles. The van der Waals surface area contributed by atoms with Gasteiger partial charge in [0.2, 0.25) is 0 Å². The second-order valence-corrected chi connectivity index (χ2v) is 5.63. The first-order valence-electron chi connectivity index (χ1n) is 7.48. The lowest BCUT2D eigenvalue weighted by Crippen LogP contribution is -2.23. The molecular weight excluding hydrogens is 234 g/mol. The first kappa shape index (κ1) is 16.2. The van der Waals surface area contributed by atoms with E-state index in [0.717, 1.165) is 32.4 Å². The summed E-state index contributed by atoms with van der Waals surface area (Å²) in [7, 11) is 1.77. The predicted octanol–water partition coefficient (Wildman–Crippen LogP) is 3.96. The molecule has 0 radical (unpaired) electrons. The van der Waals surface area contributed by atoms with Crippen LogP contribution in [0.4, 0.5) is 0 Å². The van der Waals surface area contributed by atoms with Crippen LogP contribution in [-0.4, -0.2) is 20.3 Å². The lowest BCUT2D eigenvalue weighted by Gasteiger charge is -2.19. The van der Waals surface area contributed by atoms with Gasteiger partial charge in [0.05, 0.1) is 0 Å². The van der Waals surface area contributed by atoms with E-state index in [0.29, 0.717) is 12.0 Å². The Hall–Kier alpha value is -0.860. The Labute approximate surface area is 118 Å². The molecule has 0 aromatic heterocycles. The maximum Gasteiger partial charge on any atom is 0.0480 e. The number of hydrogen-bond acceptors (Lipinski definition) is 2. The summed E-state index contributed by atoms with van der Waals surface area (Å²) in [5.74, 6) is 0.705. The fraction of sp³-hybridized carbons (Fsp3) is 0.647. The molecule has 0 bridgehead atoms. The normalized spacial score (nSPS) is 12.9. The van der Waals surface area contributed by atoms with Crippen LogP contribution in [-0.2, 0) is 11.2 Å². The van der Waals surface area contributed by atoms with E-state index in [2.05, 4.69) is 50.4 Å². The molecule has 0 saturated heterocycles. The third kappa shape index (κ3) is 6.22. The average Bonchev–Trinajstić information content (AvgIpc) is 2.38. The van der Waals surface area contributed by atoms with Gasteiger partial charge in [-0.1, -0.05) is 45.0 Å². The van der Waals surface area contributed by atoms with E-state index in [1.54, 1.807) is 7.11 Å². The number of benzene rings is 1. The van der Waals surface area contributed by atoms with Crippen molar-refractivity contribution in [3.63, 3.8) is 0 Å². The predicted molar refractivity (Wildman–Crippen MR) is 82.5 cm³/mol. The molecule has 19 heavy (non-hydrogen) atoms. The van der Waals surface area contributed by atoms with Crippen LogP contribution in [0.15, 0.2) is 24.3 Å². The molecule has 1 atom stereocenters. The Morgan fingerprint density at radius 1 is 1.26 bits per heavy atom. The standard InChI is InChI=1S/C17H29NO/c1-5-10-18-17(9-11-19-4)16-8-6-7-15(13-16)12-14(2)3/h6-8,13-14,17-18H,5,9-12H2,1-4H3. The van der Waals surface area contributed by atoms with Crippen molar-refractivity contribution in [1.82, 2.24) is 5.32 Å². The lowest BCUT2D eigenvalue weighted by molar-refractivity contribution is 0.183. The summed E-state index contributed by atoms with van der Waals surface area (Å²) in [6, 6.07) is 9.40. The first-order chi connectivity index (χ1) is 9.17. The maximum atomic E-state index is 5.23. The molecule has 0 spiro atoms. The summed E-state index contributed by atoms with van der Waals surface area (Å²) in [6.45, 7) is 8.60. The van der Waals surface area contributed by atoms with Gasteiger partial charge in [-0.25, -0.2) is 0 Å². The number of ether oxygens (including phenoxy) is 1. The highest BCUT2D eigenvalue weighted by atomic mass is 16.5. The molecule has 108 valence electrons. The largest absolute Gasteiger partial charge is 0.385 e. The molecule has 0 heterocycles. The molecule has 0 saturated carbocycles. The fourth-order valence-corrected chi connectivity index (χ4v) is 2.35. The summed E-state index contributed by atoms with van der Waals surface area (Å²) in [6.07, 6.45) is 3.34. The van der Waals surface area contributed by atoms with E-state index in [9.17, 15) is 0 Å². The molecule has 0 fully saturated rings. The zero-order valence-electron chi connectivity index (χ0n) is 12.9. The Balaban J connectivity index is 2.75. The molecule has 2 heteroatoms. The van der Waals surface area contributed by atoms with Crippen molar-refractivity contribution in [2.45, 2.75) is 46.1 Å². The van der Waals surface area contributed by atoms with Gasteiger partial charge in [0.25, 0.3) is 0 Å². The van der Waals surface area contributed by atoms with Crippen LogP contribution in [0.25, 0.3) is 0 Å². The summed E-state index contributed by atoms with van der Waals surface area (Å²) in [5.41, 5.74) is 2.83. The van der Waals surface area contributed by atoms with Crippen LogP contribution in [0.1, 0.15) is 50.8 Å². The van der Waals surface area contributed by atoms with Crippen molar-refractivity contribution in [1.29, 1.82) is 0 Å². The third-order valence-corrected chi connectivity index (χ3v) is 3.25. The van der Waals surface area contributed by atoms with Gasteiger partial charge in [-0.15, -0.1) is 0 Å². The van der Waals surface area contributed by atoms with Crippen LogP contribution >= 0.6 is 0 Å². The van der Waals surface area contributed by atoms with Gasteiger partial charge < -0.3 is 10.1 Å².